The average molecular weight is 342 g/mol. The maximum absolute atomic E-state index is 12.9. The molecule has 1 amide bonds. The topological polar surface area (TPSA) is 50.6 Å². The Labute approximate surface area is 149 Å². The number of hydrogen-bond donors (Lipinski definition) is 0. The zero-order valence-corrected chi connectivity index (χ0v) is 15.0. The van der Waals surface area contributed by atoms with Gasteiger partial charge in [0.25, 0.3) is 5.91 Å². The highest BCUT2D eigenvalue weighted by molar-refractivity contribution is 5.82. The smallest absolute Gasteiger partial charge is 0.256 e. The van der Waals surface area contributed by atoms with Crippen LogP contribution < -0.4 is 0 Å². The minimum atomic E-state index is -0.526. The predicted octanol–water partition coefficient (Wildman–Crippen LogP) is 1.84. The molecular formula is C19H26N4O2. The third-order valence-electron chi connectivity index (χ3n) is 4.75. The van der Waals surface area contributed by atoms with Gasteiger partial charge < -0.3 is 14.2 Å². The second kappa shape index (κ2) is 8.27. The maximum atomic E-state index is 12.9. The first kappa shape index (κ1) is 17.6. The van der Waals surface area contributed by atoms with Crippen LogP contribution in [0.25, 0.3) is 0 Å². The van der Waals surface area contributed by atoms with Crippen LogP contribution in [0.2, 0.25) is 0 Å². The van der Waals surface area contributed by atoms with Gasteiger partial charge in [0.1, 0.15) is 5.82 Å². The third kappa shape index (κ3) is 4.27. The Morgan fingerprint density at radius 1 is 1.20 bits per heavy atom. The molecule has 2 aromatic rings. The molecule has 0 N–H and O–H groups in total. The molecule has 6 heteroatoms. The number of amides is 1. The molecule has 0 radical (unpaired) electrons. The van der Waals surface area contributed by atoms with Crippen molar-refractivity contribution < 1.29 is 9.53 Å². The predicted molar refractivity (Wildman–Crippen MR) is 95.9 cm³/mol. The molecule has 1 aromatic heterocycles. The van der Waals surface area contributed by atoms with Gasteiger partial charge in [0, 0.05) is 52.7 Å². The van der Waals surface area contributed by atoms with Crippen LogP contribution in [0.4, 0.5) is 0 Å². The van der Waals surface area contributed by atoms with E-state index in [2.05, 4.69) is 9.88 Å². The Morgan fingerprint density at radius 2 is 2.00 bits per heavy atom. The number of methoxy groups -OCH3 is 1. The summed E-state index contributed by atoms with van der Waals surface area (Å²) in [6.07, 6.45) is 4.22. The molecule has 1 aromatic carbocycles. The van der Waals surface area contributed by atoms with Gasteiger partial charge in [-0.2, -0.15) is 0 Å². The number of carbonyl (C=O) groups excluding carboxylic acids is 1. The van der Waals surface area contributed by atoms with Crippen LogP contribution in [0.1, 0.15) is 23.9 Å². The number of carbonyl (C=O) groups is 1. The normalized spacial score (nSPS) is 17.3. The van der Waals surface area contributed by atoms with E-state index in [-0.39, 0.29) is 5.91 Å². The number of imidazole rings is 1. The summed E-state index contributed by atoms with van der Waals surface area (Å²) in [5.74, 6) is 1.10. The van der Waals surface area contributed by atoms with Crippen molar-refractivity contribution in [2.45, 2.75) is 19.1 Å². The lowest BCUT2D eigenvalue weighted by Gasteiger charge is -2.26. The van der Waals surface area contributed by atoms with E-state index < -0.39 is 6.10 Å². The largest absolute Gasteiger partial charge is 0.367 e. The summed E-state index contributed by atoms with van der Waals surface area (Å²) in [5, 5.41) is 0. The van der Waals surface area contributed by atoms with Gasteiger partial charge in [-0.25, -0.2) is 4.98 Å². The van der Waals surface area contributed by atoms with Crippen LogP contribution in [0, 0.1) is 0 Å². The highest BCUT2D eigenvalue weighted by Crippen LogP contribution is 2.20. The van der Waals surface area contributed by atoms with Crippen LogP contribution in [0.5, 0.6) is 0 Å². The first-order valence-electron chi connectivity index (χ1n) is 8.74. The van der Waals surface area contributed by atoms with Crippen LogP contribution in [-0.4, -0.2) is 58.5 Å². The molecule has 3 rings (SSSR count). The van der Waals surface area contributed by atoms with Gasteiger partial charge in [-0.15, -0.1) is 0 Å². The molecule has 0 bridgehead atoms. The zero-order chi connectivity index (χ0) is 17.6. The summed E-state index contributed by atoms with van der Waals surface area (Å²) >= 11 is 0. The van der Waals surface area contributed by atoms with E-state index in [9.17, 15) is 4.79 Å². The lowest BCUT2D eigenvalue weighted by molar-refractivity contribution is -0.142. The molecule has 1 fully saturated rings. The number of aromatic nitrogens is 2. The molecule has 0 unspecified atom stereocenters. The molecule has 2 heterocycles. The number of rotatable bonds is 5. The summed E-state index contributed by atoms with van der Waals surface area (Å²) in [6.45, 7) is 4.12. The Bertz CT molecular complexity index is 686. The first-order chi connectivity index (χ1) is 12.2. The van der Waals surface area contributed by atoms with E-state index in [1.165, 1.54) is 0 Å². The van der Waals surface area contributed by atoms with Gasteiger partial charge in [-0.1, -0.05) is 30.3 Å². The molecule has 0 saturated carbocycles. The lowest BCUT2D eigenvalue weighted by Crippen LogP contribution is -2.38. The monoisotopic (exact) mass is 342 g/mol. The molecule has 1 aliphatic heterocycles. The summed E-state index contributed by atoms with van der Waals surface area (Å²) in [6, 6.07) is 9.70. The Balaban J connectivity index is 1.62. The standard InChI is InChI=1S/C19H26N4O2/c1-21-12-9-20-17(21)15-22-10-6-11-23(14-13-22)19(24)18(25-2)16-7-4-3-5-8-16/h3-5,7-9,12,18H,6,10-11,13-15H2,1-2H3/t18-/m1/s1. The SMILES string of the molecule is CO[C@@H](C(=O)N1CCCN(Cc2nccn2C)CC1)c1ccccc1. The second-order valence-corrected chi connectivity index (χ2v) is 6.44. The van der Waals surface area contributed by atoms with Crippen molar-refractivity contribution in [3.8, 4) is 0 Å². The molecule has 1 aliphatic rings. The lowest BCUT2D eigenvalue weighted by atomic mass is 10.1. The Kier molecular flexibility index (Phi) is 5.83. The minimum absolute atomic E-state index is 0.0486. The molecule has 25 heavy (non-hydrogen) atoms. The number of ether oxygens (including phenoxy) is 1. The number of nitrogens with zero attached hydrogens (tertiary/aromatic N) is 4. The summed E-state index contributed by atoms with van der Waals surface area (Å²) in [4.78, 5) is 21.6. The van der Waals surface area contributed by atoms with E-state index in [0.29, 0.717) is 0 Å². The van der Waals surface area contributed by atoms with Gasteiger partial charge in [0.2, 0.25) is 0 Å². The van der Waals surface area contributed by atoms with Crippen molar-refractivity contribution >= 4 is 5.91 Å². The highest BCUT2D eigenvalue weighted by Gasteiger charge is 2.27. The molecule has 1 saturated heterocycles. The van der Waals surface area contributed by atoms with Crippen LogP contribution in [0.15, 0.2) is 42.7 Å². The minimum Gasteiger partial charge on any atom is -0.367 e. The molecule has 0 spiro atoms. The van der Waals surface area contributed by atoms with Crippen molar-refractivity contribution in [3.63, 3.8) is 0 Å². The second-order valence-electron chi connectivity index (χ2n) is 6.44. The van der Waals surface area contributed by atoms with Crippen molar-refractivity contribution in [1.82, 2.24) is 19.4 Å². The Hall–Kier alpha value is -2.18. The van der Waals surface area contributed by atoms with Crippen molar-refractivity contribution in [1.29, 1.82) is 0 Å². The van der Waals surface area contributed by atoms with Gasteiger partial charge in [0.15, 0.2) is 6.10 Å². The summed E-state index contributed by atoms with van der Waals surface area (Å²) < 4.78 is 7.55. The van der Waals surface area contributed by atoms with E-state index in [1.807, 2.05) is 59.2 Å². The van der Waals surface area contributed by atoms with Crippen molar-refractivity contribution in [2.75, 3.05) is 33.3 Å². The van der Waals surface area contributed by atoms with Crippen LogP contribution in [0.3, 0.4) is 0 Å². The summed E-state index contributed by atoms with van der Waals surface area (Å²) in [7, 11) is 3.61. The third-order valence-corrected chi connectivity index (χ3v) is 4.75. The average Bonchev–Trinajstić information content (AvgIpc) is 2.89. The van der Waals surface area contributed by atoms with Gasteiger partial charge >= 0.3 is 0 Å². The molecule has 0 aliphatic carbocycles. The van der Waals surface area contributed by atoms with Gasteiger partial charge in [-0.05, 0) is 12.0 Å². The first-order valence-corrected chi connectivity index (χ1v) is 8.74. The fourth-order valence-electron chi connectivity index (χ4n) is 3.27. The quantitative estimate of drug-likeness (QED) is 0.832. The van der Waals surface area contributed by atoms with Crippen molar-refractivity contribution in [3.05, 3.63) is 54.1 Å². The molecule has 134 valence electrons. The maximum Gasteiger partial charge on any atom is 0.256 e. The molecule has 1 atom stereocenters. The van der Waals surface area contributed by atoms with E-state index in [1.54, 1.807) is 7.11 Å². The summed E-state index contributed by atoms with van der Waals surface area (Å²) in [5.41, 5.74) is 0.907. The fourth-order valence-corrected chi connectivity index (χ4v) is 3.27. The molecule has 6 nitrogen and oxygen atoms in total. The van der Waals surface area contributed by atoms with Crippen LogP contribution in [-0.2, 0) is 23.1 Å². The Morgan fingerprint density at radius 3 is 2.68 bits per heavy atom. The molecular weight excluding hydrogens is 316 g/mol. The van der Waals surface area contributed by atoms with E-state index in [0.717, 1.165) is 50.5 Å². The van der Waals surface area contributed by atoms with E-state index in [4.69, 9.17) is 4.74 Å². The van der Waals surface area contributed by atoms with E-state index >= 15 is 0 Å². The number of aryl methyl sites for hydroxylation is 1. The van der Waals surface area contributed by atoms with Crippen LogP contribution >= 0.6 is 0 Å². The zero-order valence-electron chi connectivity index (χ0n) is 15.0. The number of benzene rings is 1. The van der Waals surface area contributed by atoms with Gasteiger partial charge in [-0.3, -0.25) is 9.69 Å². The number of hydrogen-bond acceptors (Lipinski definition) is 4. The highest BCUT2D eigenvalue weighted by atomic mass is 16.5. The fraction of sp³-hybridized carbons (Fsp3) is 0.474. The van der Waals surface area contributed by atoms with Gasteiger partial charge in [0.05, 0.1) is 6.54 Å². The van der Waals surface area contributed by atoms with Crippen molar-refractivity contribution in [2.24, 2.45) is 7.05 Å².